The Kier molecular flexibility index (Phi) is 5.36. The number of imide groups is 1. The average Bonchev–Trinajstić information content (AvgIpc) is 3.01. The standard InChI is InChI=1S/C23H19BrN2O3/c24-19-12-7-13-20(16-19)29-15-14-26-21(27)23(25-22(26)28,17-8-3-1-4-9-17)18-10-5-2-6-11-18/h1-13,16H,14-15H2,(H,25,28). The van der Waals surface area contributed by atoms with Gasteiger partial charge in [0, 0.05) is 4.47 Å². The van der Waals surface area contributed by atoms with Crippen molar-refractivity contribution in [3.63, 3.8) is 0 Å². The first-order valence-electron chi connectivity index (χ1n) is 9.25. The molecule has 1 N–H and O–H groups in total. The van der Waals surface area contributed by atoms with Crippen molar-refractivity contribution < 1.29 is 14.3 Å². The van der Waals surface area contributed by atoms with Gasteiger partial charge in [-0.1, -0.05) is 82.7 Å². The van der Waals surface area contributed by atoms with Gasteiger partial charge in [-0.15, -0.1) is 0 Å². The summed E-state index contributed by atoms with van der Waals surface area (Å²) < 4.78 is 6.62. The Morgan fingerprint density at radius 2 is 1.48 bits per heavy atom. The number of nitrogens with one attached hydrogen (secondary N) is 1. The maximum atomic E-state index is 13.5. The fourth-order valence-electron chi connectivity index (χ4n) is 3.52. The number of nitrogens with zero attached hydrogens (tertiary/aromatic N) is 1. The van der Waals surface area contributed by atoms with Crippen LogP contribution in [0.25, 0.3) is 0 Å². The predicted molar refractivity (Wildman–Crippen MR) is 114 cm³/mol. The molecule has 3 aromatic rings. The number of amides is 3. The quantitative estimate of drug-likeness (QED) is 0.568. The van der Waals surface area contributed by atoms with Crippen molar-refractivity contribution in [3.05, 3.63) is 101 Å². The smallest absolute Gasteiger partial charge is 0.325 e. The Labute approximate surface area is 177 Å². The van der Waals surface area contributed by atoms with E-state index in [0.717, 1.165) is 15.6 Å². The largest absolute Gasteiger partial charge is 0.492 e. The van der Waals surface area contributed by atoms with Crippen LogP contribution in [0.15, 0.2) is 89.4 Å². The molecule has 0 bridgehead atoms. The van der Waals surface area contributed by atoms with Crippen LogP contribution in [0, 0.1) is 0 Å². The monoisotopic (exact) mass is 450 g/mol. The van der Waals surface area contributed by atoms with E-state index in [9.17, 15) is 9.59 Å². The van der Waals surface area contributed by atoms with Gasteiger partial charge in [0.2, 0.25) is 0 Å². The second-order valence-corrected chi connectivity index (χ2v) is 7.59. The van der Waals surface area contributed by atoms with Crippen molar-refractivity contribution in [3.8, 4) is 5.75 Å². The van der Waals surface area contributed by atoms with Gasteiger partial charge in [-0.25, -0.2) is 4.79 Å². The molecule has 3 amide bonds. The molecule has 3 aromatic carbocycles. The summed E-state index contributed by atoms with van der Waals surface area (Å²) in [4.78, 5) is 27.5. The summed E-state index contributed by atoms with van der Waals surface area (Å²) in [5.41, 5.74) is 0.204. The Bertz CT molecular complexity index is 985. The molecule has 1 heterocycles. The molecular weight excluding hydrogens is 432 g/mol. The predicted octanol–water partition coefficient (Wildman–Crippen LogP) is 4.32. The highest BCUT2D eigenvalue weighted by molar-refractivity contribution is 9.10. The Morgan fingerprint density at radius 1 is 0.862 bits per heavy atom. The van der Waals surface area contributed by atoms with Crippen LogP contribution < -0.4 is 10.1 Å². The summed E-state index contributed by atoms with van der Waals surface area (Å²) in [7, 11) is 0. The Morgan fingerprint density at radius 3 is 2.07 bits per heavy atom. The molecule has 1 saturated heterocycles. The maximum Gasteiger partial charge on any atom is 0.325 e. The molecule has 29 heavy (non-hydrogen) atoms. The van der Waals surface area contributed by atoms with Crippen molar-refractivity contribution in [1.82, 2.24) is 10.2 Å². The molecule has 0 unspecified atom stereocenters. The molecule has 0 aliphatic carbocycles. The number of ether oxygens (including phenoxy) is 1. The molecule has 5 nitrogen and oxygen atoms in total. The lowest BCUT2D eigenvalue weighted by molar-refractivity contribution is -0.130. The first-order chi connectivity index (χ1) is 14.1. The van der Waals surface area contributed by atoms with Gasteiger partial charge < -0.3 is 10.1 Å². The summed E-state index contributed by atoms with van der Waals surface area (Å²) in [5.74, 6) is 0.363. The number of urea groups is 1. The molecule has 146 valence electrons. The minimum atomic E-state index is -1.24. The number of carbonyl (C=O) groups is 2. The zero-order valence-electron chi connectivity index (χ0n) is 15.5. The first kappa shape index (κ1) is 19.2. The molecule has 4 rings (SSSR count). The van der Waals surface area contributed by atoms with E-state index >= 15 is 0 Å². The molecule has 1 aliphatic heterocycles. The van der Waals surface area contributed by atoms with E-state index in [1.165, 1.54) is 4.90 Å². The van der Waals surface area contributed by atoms with Gasteiger partial charge in [0.05, 0.1) is 6.54 Å². The number of halogens is 1. The van der Waals surface area contributed by atoms with Crippen LogP contribution in [0.4, 0.5) is 4.79 Å². The molecule has 1 fully saturated rings. The topological polar surface area (TPSA) is 58.6 Å². The molecule has 0 radical (unpaired) electrons. The molecule has 0 saturated carbocycles. The van der Waals surface area contributed by atoms with E-state index in [0.29, 0.717) is 5.75 Å². The number of rotatable bonds is 6. The van der Waals surface area contributed by atoms with Gasteiger partial charge in [-0.3, -0.25) is 9.69 Å². The fraction of sp³-hybridized carbons (Fsp3) is 0.130. The number of carbonyl (C=O) groups excluding carboxylic acids is 2. The SMILES string of the molecule is O=C1NC(c2ccccc2)(c2ccccc2)C(=O)N1CCOc1cccc(Br)c1. The highest BCUT2D eigenvalue weighted by Crippen LogP contribution is 2.35. The van der Waals surface area contributed by atoms with E-state index in [1.54, 1.807) is 0 Å². The van der Waals surface area contributed by atoms with Crippen LogP contribution in [0.2, 0.25) is 0 Å². The summed E-state index contributed by atoms with van der Waals surface area (Å²) >= 11 is 3.40. The third kappa shape index (κ3) is 3.63. The summed E-state index contributed by atoms with van der Waals surface area (Å²) in [6.45, 7) is 0.355. The molecule has 6 heteroatoms. The second-order valence-electron chi connectivity index (χ2n) is 6.67. The normalized spacial score (nSPS) is 15.3. The van der Waals surface area contributed by atoms with Crippen LogP contribution in [-0.4, -0.2) is 30.0 Å². The minimum absolute atomic E-state index is 0.151. The Hall–Kier alpha value is -3.12. The average molecular weight is 451 g/mol. The van der Waals surface area contributed by atoms with Crippen LogP contribution in [0.1, 0.15) is 11.1 Å². The highest BCUT2D eigenvalue weighted by atomic mass is 79.9. The lowest BCUT2D eigenvalue weighted by atomic mass is 9.82. The first-order valence-corrected chi connectivity index (χ1v) is 10.0. The van der Waals surface area contributed by atoms with Crippen LogP contribution >= 0.6 is 15.9 Å². The Balaban J connectivity index is 1.60. The van der Waals surface area contributed by atoms with Gasteiger partial charge in [-0.05, 0) is 29.3 Å². The summed E-state index contributed by atoms with van der Waals surface area (Å²) in [5, 5.41) is 2.93. The maximum absolute atomic E-state index is 13.5. The van der Waals surface area contributed by atoms with Gasteiger partial charge >= 0.3 is 6.03 Å². The lowest BCUT2D eigenvalue weighted by Crippen LogP contribution is -2.45. The third-order valence-corrected chi connectivity index (χ3v) is 5.39. The zero-order chi connectivity index (χ0) is 20.3. The van der Waals surface area contributed by atoms with E-state index in [2.05, 4.69) is 21.2 Å². The summed E-state index contributed by atoms with van der Waals surface area (Å²) in [6.07, 6.45) is 0. The highest BCUT2D eigenvalue weighted by Gasteiger charge is 2.53. The number of hydrogen-bond donors (Lipinski definition) is 1. The number of benzene rings is 3. The molecule has 0 spiro atoms. The third-order valence-electron chi connectivity index (χ3n) is 4.90. The zero-order valence-corrected chi connectivity index (χ0v) is 17.1. The van der Waals surface area contributed by atoms with Crippen LogP contribution in [0.5, 0.6) is 5.75 Å². The lowest BCUT2D eigenvalue weighted by Gasteiger charge is -2.28. The molecular formula is C23H19BrN2O3. The number of hydrogen-bond acceptors (Lipinski definition) is 3. The van der Waals surface area contributed by atoms with Crippen molar-refractivity contribution >= 4 is 27.9 Å². The van der Waals surface area contributed by atoms with Crippen molar-refractivity contribution in [2.24, 2.45) is 0 Å². The van der Waals surface area contributed by atoms with Gasteiger partial charge in [0.25, 0.3) is 5.91 Å². The van der Waals surface area contributed by atoms with Crippen molar-refractivity contribution in [2.45, 2.75) is 5.54 Å². The van der Waals surface area contributed by atoms with E-state index < -0.39 is 11.6 Å². The molecule has 0 aromatic heterocycles. The van der Waals surface area contributed by atoms with E-state index in [-0.39, 0.29) is 19.1 Å². The second kappa shape index (κ2) is 8.09. The fourth-order valence-corrected chi connectivity index (χ4v) is 3.90. The molecule has 0 atom stereocenters. The minimum Gasteiger partial charge on any atom is -0.492 e. The van der Waals surface area contributed by atoms with Crippen molar-refractivity contribution in [1.29, 1.82) is 0 Å². The van der Waals surface area contributed by atoms with E-state index in [4.69, 9.17) is 4.74 Å². The summed E-state index contributed by atoms with van der Waals surface area (Å²) in [6, 6.07) is 25.6. The molecule has 1 aliphatic rings. The van der Waals surface area contributed by atoms with Crippen LogP contribution in [-0.2, 0) is 10.3 Å². The van der Waals surface area contributed by atoms with Gasteiger partial charge in [-0.2, -0.15) is 0 Å². The van der Waals surface area contributed by atoms with Crippen LogP contribution in [0.3, 0.4) is 0 Å². The van der Waals surface area contributed by atoms with Crippen molar-refractivity contribution in [2.75, 3.05) is 13.2 Å². The van der Waals surface area contributed by atoms with Gasteiger partial charge in [0.15, 0.2) is 5.54 Å². The van der Waals surface area contributed by atoms with Gasteiger partial charge in [0.1, 0.15) is 12.4 Å². The van der Waals surface area contributed by atoms with E-state index in [1.807, 2.05) is 84.9 Å².